The molecular formula is C82H164O2. The molecule has 0 bridgehead atoms. The second-order valence-electron chi connectivity index (χ2n) is 28.5. The lowest BCUT2D eigenvalue weighted by Gasteiger charge is -2.06. The summed E-state index contributed by atoms with van der Waals surface area (Å²) in [6, 6.07) is 0. The molecule has 0 saturated heterocycles. The summed E-state index contributed by atoms with van der Waals surface area (Å²) in [5.74, 6) is 0.0351. The molecule has 0 fully saturated rings. The third-order valence-corrected chi connectivity index (χ3v) is 19.7. The van der Waals surface area contributed by atoms with Gasteiger partial charge in [-0.15, -0.1) is 0 Å². The summed E-state index contributed by atoms with van der Waals surface area (Å²) >= 11 is 0. The number of esters is 1. The molecule has 0 aliphatic heterocycles. The number of unbranched alkanes of at least 4 members (excludes halogenated alkanes) is 75. The first-order valence-electron chi connectivity index (χ1n) is 41.0. The molecule has 0 aromatic rings. The van der Waals surface area contributed by atoms with E-state index in [1.54, 1.807) is 0 Å². The maximum atomic E-state index is 12.1. The minimum atomic E-state index is 0.0351. The zero-order chi connectivity index (χ0) is 60.1. The summed E-state index contributed by atoms with van der Waals surface area (Å²) in [7, 11) is 0. The Balaban J connectivity index is 3.11. The molecule has 0 rings (SSSR count). The quantitative estimate of drug-likeness (QED) is 0.0448. The summed E-state index contributed by atoms with van der Waals surface area (Å²) in [6.45, 7) is 5.25. The van der Waals surface area contributed by atoms with Gasteiger partial charge in [-0.05, 0) is 12.8 Å². The van der Waals surface area contributed by atoms with E-state index < -0.39 is 0 Å². The van der Waals surface area contributed by atoms with E-state index >= 15 is 0 Å². The first-order valence-corrected chi connectivity index (χ1v) is 41.0. The Kier molecular flexibility index (Phi) is 80.0. The third kappa shape index (κ3) is 79.5. The van der Waals surface area contributed by atoms with Crippen molar-refractivity contribution in [2.24, 2.45) is 0 Å². The highest BCUT2D eigenvalue weighted by molar-refractivity contribution is 5.69. The second-order valence-corrected chi connectivity index (χ2v) is 28.5. The number of carbonyl (C=O) groups is 1. The van der Waals surface area contributed by atoms with Crippen molar-refractivity contribution in [2.75, 3.05) is 6.61 Å². The molecule has 2 nitrogen and oxygen atoms in total. The van der Waals surface area contributed by atoms with Crippen LogP contribution >= 0.6 is 0 Å². The van der Waals surface area contributed by atoms with Crippen molar-refractivity contribution in [3.05, 3.63) is 0 Å². The van der Waals surface area contributed by atoms with Crippen molar-refractivity contribution in [2.45, 2.75) is 515 Å². The average Bonchev–Trinajstić information content (AvgIpc) is 3.50. The minimum Gasteiger partial charge on any atom is -0.466 e. The van der Waals surface area contributed by atoms with Gasteiger partial charge in [-0.25, -0.2) is 0 Å². The molecule has 0 aliphatic carbocycles. The van der Waals surface area contributed by atoms with Crippen molar-refractivity contribution in [3.8, 4) is 0 Å². The summed E-state index contributed by atoms with van der Waals surface area (Å²) in [5.41, 5.74) is 0. The fourth-order valence-corrected chi connectivity index (χ4v) is 13.7. The van der Waals surface area contributed by atoms with Crippen LogP contribution in [0.5, 0.6) is 0 Å². The lowest BCUT2D eigenvalue weighted by atomic mass is 10.0. The van der Waals surface area contributed by atoms with E-state index in [-0.39, 0.29) is 5.97 Å². The van der Waals surface area contributed by atoms with E-state index in [2.05, 4.69) is 13.8 Å². The largest absolute Gasteiger partial charge is 0.466 e. The van der Waals surface area contributed by atoms with E-state index in [1.165, 1.54) is 482 Å². The van der Waals surface area contributed by atoms with Crippen LogP contribution in [0.4, 0.5) is 0 Å². The van der Waals surface area contributed by atoms with E-state index in [4.69, 9.17) is 4.74 Å². The van der Waals surface area contributed by atoms with Crippen molar-refractivity contribution in [1.29, 1.82) is 0 Å². The minimum absolute atomic E-state index is 0.0351. The maximum absolute atomic E-state index is 12.1. The zero-order valence-electron chi connectivity index (χ0n) is 59.2. The number of carbonyl (C=O) groups excluding carboxylic acids is 1. The average molecular weight is 1180 g/mol. The van der Waals surface area contributed by atoms with E-state index in [0.29, 0.717) is 13.0 Å². The van der Waals surface area contributed by atoms with E-state index in [1.807, 2.05) is 0 Å². The number of ether oxygens (including phenoxy) is 1. The molecule has 0 N–H and O–H groups in total. The molecule has 0 radical (unpaired) electrons. The van der Waals surface area contributed by atoms with Crippen molar-refractivity contribution in [1.82, 2.24) is 0 Å². The highest BCUT2D eigenvalue weighted by Gasteiger charge is 2.05. The number of hydrogen-bond donors (Lipinski definition) is 0. The molecule has 0 spiro atoms. The highest BCUT2D eigenvalue weighted by atomic mass is 16.5. The first kappa shape index (κ1) is 83.5. The normalized spacial score (nSPS) is 11.7. The van der Waals surface area contributed by atoms with Gasteiger partial charge in [0.1, 0.15) is 0 Å². The van der Waals surface area contributed by atoms with Crippen molar-refractivity contribution >= 4 is 5.97 Å². The van der Waals surface area contributed by atoms with Gasteiger partial charge in [0, 0.05) is 6.42 Å². The molecule has 0 atom stereocenters. The first-order chi connectivity index (χ1) is 41.8. The molecule has 0 saturated carbocycles. The van der Waals surface area contributed by atoms with E-state index in [9.17, 15) is 4.79 Å². The fraction of sp³-hybridized carbons (Fsp3) is 0.988. The second kappa shape index (κ2) is 80.5. The van der Waals surface area contributed by atoms with Crippen LogP contribution in [0.2, 0.25) is 0 Å². The van der Waals surface area contributed by atoms with Crippen LogP contribution in [0.1, 0.15) is 515 Å². The van der Waals surface area contributed by atoms with Crippen LogP contribution in [0.15, 0.2) is 0 Å². The summed E-state index contributed by atoms with van der Waals surface area (Å²) < 4.78 is 5.51. The molecule has 0 amide bonds. The van der Waals surface area contributed by atoms with Crippen LogP contribution in [-0.2, 0) is 9.53 Å². The Morgan fingerprint density at radius 2 is 0.262 bits per heavy atom. The monoisotopic (exact) mass is 1180 g/mol. The lowest BCUT2D eigenvalue weighted by Crippen LogP contribution is -2.05. The molecule has 84 heavy (non-hydrogen) atoms. The molecule has 0 aliphatic rings. The topological polar surface area (TPSA) is 26.3 Å². The Hall–Kier alpha value is -0.530. The van der Waals surface area contributed by atoms with Gasteiger partial charge < -0.3 is 4.74 Å². The molecular weight excluding hydrogens is 1020 g/mol. The molecule has 0 aromatic carbocycles. The standard InChI is InChI=1S/C82H164O2/c1-3-5-7-9-11-13-15-17-19-20-21-22-23-24-25-26-27-28-29-30-31-32-33-34-35-36-37-38-39-40-41-42-43-44-45-46-47-48-49-50-51-52-53-54-55-56-57-58-59-60-61-62-63-64-65-67-69-71-73-75-77-79-81-84-82(83)80-78-76-74-72-70-68-66-18-16-14-12-10-8-6-4-2/h3-81H2,1-2H3. The Bertz CT molecular complexity index is 1110. The Morgan fingerprint density at radius 3 is 0.393 bits per heavy atom. The smallest absolute Gasteiger partial charge is 0.305 e. The van der Waals surface area contributed by atoms with Crippen molar-refractivity contribution < 1.29 is 9.53 Å². The van der Waals surface area contributed by atoms with E-state index in [0.717, 1.165) is 12.8 Å². The Morgan fingerprint density at radius 1 is 0.155 bits per heavy atom. The zero-order valence-corrected chi connectivity index (χ0v) is 59.2. The van der Waals surface area contributed by atoms with Gasteiger partial charge >= 0.3 is 5.97 Å². The summed E-state index contributed by atoms with van der Waals surface area (Å²) in [5, 5.41) is 0. The van der Waals surface area contributed by atoms with Gasteiger partial charge in [0.05, 0.1) is 6.61 Å². The number of hydrogen-bond acceptors (Lipinski definition) is 2. The van der Waals surface area contributed by atoms with Crippen LogP contribution < -0.4 is 0 Å². The fourth-order valence-electron chi connectivity index (χ4n) is 13.7. The molecule has 0 unspecified atom stereocenters. The van der Waals surface area contributed by atoms with Gasteiger partial charge in [0.25, 0.3) is 0 Å². The lowest BCUT2D eigenvalue weighted by molar-refractivity contribution is -0.143. The molecule has 2 heteroatoms. The summed E-state index contributed by atoms with van der Waals surface area (Å²) in [6.07, 6.45) is 112. The van der Waals surface area contributed by atoms with Gasteiger partial charge in [0.2, 0.25) is 0 Å². The van der Waals surface area contributed by atoms with Crippen LogP contribution in [0, 0.1) is 0 Å². The number of rotatable bonds is 79. The van der Waals surface area contributed by atoms with Crippen LogP contribution in [0.3, 0.4) is 0 Å². The van der Waals surface area contributed by atoms with Gasteiger partial charge in [-0.2, -0.15) is 0 Å². The molecule has 0 heterocycles. The van der Waals surface area contributed by atoms with Gasteiger partial charge in [-0.1, -0.05) is 495 Å². The predicted molar refractivity (Wildman–Crippen MR) is 382 cm³/mol. The van der Waals surface area contributed by atoms with Crippen molar-refractivity contribution in [3.63, 3.8) is 0 Å². The third-order valence-electron chi connectivity index (χ3n) is 19.7. The highest BCUT2D eigenvalue weighted by Crippen LogP contribution is 2.21. The SMILES string of the molecule is CCCCCCCCCCCCCCCCCCCCCCCCCCCCCCCCCCCCCCCCCCCCCCCCCCCCCCCCCCCCCCCCOC(=O)CCCCCCCCCCCCCCCCC. The van der Waals surface area contributed by atoms with Crippen LogP contribution in [-0.4, -0.2) is 12.6 Å². The van der Waals surface area contributed by atoms with Gasteiger partial charge in [0.15, 0.2) is 0 Å². The predicted octanol–water partition coefficient (Wildman–Crippen LogP) is 31.0. The van der Waals surface area contributed by atoms with Gasteiger partial charge in [-0.3, -0.25) is 4.79 Å². The maximum Gasteiger partial charge on any atom is 0.305 e. The molecule has 504 valence electrons. The van der Waals surface area contributed by atoms with Crippen LogP contribution in [0.25, 0.3) is 0 Å². The molecule has 0 aromatic heterocycles. The summed E-state index contributed by atoms with van der Waals surface area (Å²) in [4.78, 5) is 12.1. The Labute approximate surface area is 534 Å².